The van der Waals surface area contributed by atoms with E-state index in [0.29, 0.717) is 21.3 Å². The number of aryl methyl sites for hydroxylation is 1. The second-order valence-corrected chi connectivity index (χ2v) is 11.0. The third kappa shape index (κ3) is 7.10. The van der Waals surface area contributed by atoms with Crippen molar-refractivity contribution >= 4 is 50.7 Å². The lowest BCUT2D eigenvalue weighted by atomic mass is 10.1. The number of rotatable bonds is 10. The normalized spacial score (nSPS) is 12.2. The van der Waals surface area contributed by atoms with Crippen molar-refractivity contribution in [3.05, 3.63) is 63.1 Å². The highest BCUT2D eigenvalue weighted by Gasteiger charge is 2.27. The van der Waals surface area contributed by atoms with Gasteiger partial charge in [0.15, 0.2) is 0 Å². The van der Waals surface area contributed by atoms with Crippen molar-refractivity contribution in [2.45, 2.75) is 46.2 Å². The fourth-order valence-electron chi connectivity index (χ4n) is 3.61. The SMILES string of the molecule is CNC(=O)[C@H](C)N(Cc1ccc(Cl)cc1Cl)C(=O)CCCN(c1cccc(C)c1C)S(C)(=O)=O. The zero-order valence-electron chi connectivity index (χ0n) is 20.1. The van der Waals surface area contributed by atoms with Crippen LogP contribution in [-0.4, -0.2) is 51.0 Å². The van der Waals surface area contributed by atoms with Crippen molar-refractivity contribution in [3.8, 4) is 0 Å². The number of benzene rings is 2. The van der Waals surface area contributed by atoms with Gasteiger partial charge < -0.3 is 10.2 Å². The van der Waals surface area contributed by atoms with E-state index in [0.717, 1.165) is 17.4 Å². The number of nitrogens with zero attached hydrogens (tertiary/aromatic N) is 2. The number of hydrogen-bond donors (Lipinski definition) is 1. The molecule has 186 valence electrons. The first-order chi connectivity index (χ1) is 15.9. The van der Waals surface area contributed by atoms with E-state index in [4.69, 9.17) is 23.2 Å². The summed E-state index contributed by atoms with van der Waals surface area (Å²) in [6.07, 6.45) is 1.49. The molecule has 0 radical (unpaired) electrons. The smallest absolute Gasteiger partial charge is 0.242 e. The van der Waals surface area contributed by atoms with E-state index < -0.39 is 16.1 Å². The van der Waals surface area contributed by atoms with E-state index in [2.05, 4.69) is 5.32 Å². The molecule has 2 rings (SSSR count). The predicted octanol–water partition coefficient (Wildman–Crippen LogP) is 4.32. The first-order valence-corrected chi connectivity index (χ1v) is 13.5. The fourth-order valence-corrected chi connectivity index (χ4v) is 5.10. The summed E-state index contributed by atoms with van der Waals surface area (Å²) in [5, 5.41) is 3.43. The molecule has 2 aromatic carbocycles. The van der Waals surface area contributed by atoms with E-state index in [1.54, 1.807) is 31.2 Å². The van der Waals surface area contributed by atoms with Gasteiger partial charge in [0.25, 0.3) is 0 Å². The van der Waals surface area contributed by atoms with Gasteiger partial charge in [-0.25, -0.2) is 8.42 Å². The molecule has 1 N–H and O–H groups in total. The van der Waals surface area contributed by atoms with Gasteiger partial charge in [0.05, 0.1) is 11.9 Å². The van der Waals surface area contributed by atoms with Gasteiger partial charge in [0.2, 0.25) is 21.8 Å². The van der Waals surface area contributed by atoms with Crippen LogP contribution in [0.15, 0.2) is 36.4 Å². The molecule has 0 spiro atoms. The Labute approximate surface area is 212 Å². The average Bonchev–Trinajstić information content (AvgIpc) is 2.76. The summed E-state index contributed by atoms with van der Waals surface area (Å²) in [7, 11) is -2.05. The summed E-state index contributed by atoms with van der Waals surface area (Å²) in [5.41, 5.74) is 3.10. The van der Waals surface area contributed by atoms with Crippen LogP contribution in [0, 0.1) is 13.8 Å². The van der Waals surface area contributed by atoms with Crippen molar-refractivity contribution in [2.75, 3.05) is 24.2 Å². The Hall–Kier alpha value is -2.29. The Balaban J connectivity index is 2.21. The Bertz CT molecular complexity index is 1150. The van der Waals surface area contributed by atoms with Crippen LogP contribution >= 0.6 is 23.2 Å². The van der Waals surface area contributed by atoms with Crippen molar-refractivity contribution in [3.63, 3.8) is 0 Å². The van der Waals surface area contributed by atoms with Crippen molar-refractivity contribution in [1.82, 2.24) is 10.2 Å². The molecule has 2 aromatic rings. The predicted molar refractivity (Wildman–Crippen MR) is 138 cm³/mol. The molecule has 0 aliphatic heterocycles. The molecule has 0 aliphatic carbocycles. The lowest BCUT2D eigenvalue weighted by Crippen LogP contribution is -2.46. The van der Waals surface area contributed by atoms with Gasteiger partial charge in [-0.15, -0.1) is 0 Å². The van der Waals surface area contributed by atoms with Crippen LogP contribution in [0.4, 0.5) is 5.69 Å². The minimum atomic E-state index is -3.55. The fraction of sp³-hybridized carbons (Fsp3) is 0.417. The molecule has 7 nitrogen and oxygen atoms in total. The van der Waals surface area contributed by atoms with Gasteiger partial charge in [-0.05, 0) is 62.1 Å². The van der Waals surface area contributed by atoms with Gasteiger partial charge in [-0.1, -0.05) is 41.4 Å². The first kappa shape index (κ1) is 28.0. The minimum absolute atomic E-state index is 0.0590. The maximum Gasteiger partial charge on any atom is 0.242 e. The number of carbonyl (C=O) groups excluding carboxylic acids is 2. The standard InChI is InChI=1S/C24H31Cl2N3O4S/c1-16-8-6-9-22(17(16)2)29(34(5,32)33)13-7-10-23(30)28(18(3)24(31)27-4)15-19-11-12-20(25)14-21(19)26/h6,8-9,11-12,14,18H,7,10,13,15H2,1-5H3,(H,27,31)/t18-/m0/s1. The lowest BCUT2D eigenvalue weighted by Gasteiger charge is -2.29. The molecule has 0 saturated carbocycles. The summed E-state index contributed by atoms with van der Waals surface area (Å²) >= 11 is 12.3. The van der Waals surface area contributed by atoms with Crippen LogP contribution in [-0.2, 0) is 26.2 Å². The summed E-state index contributed by atoms with van der Waals surface area (Å²) in [6.45, 7) is 5.69. The van der Waals surface area contributed by atoms with Crippen LogP contribution in [0.3, 0.4) is 0 Å². The molecule has 0 aromatic heterocycles. The average molecular weight is 529 g/mol. The highest BCUT2D eigenvalue weighted by molar-refractivity contribution is 7.92. The Morgan fingerprint density at radius 1 is 1.12 bits per heavy atom. The number of sulfonamides is 1. The molecule has 2 amide bonds. The van der Waals surface area contributed by atoms with Crippen LogP contribution < -0.4 is 9.62 Å². The summed E-state index contributed by atoms with van der Waals surface area (Å²) < 4.78 is 26.3. The quantitative estimate of drug-likeness (QED) is 0.498. The molecule has 0 bridgehead atoms. The molecule has 0 unspecified atom stereocenters. The maximum absolute atomic E-state index is 13.2. The van der Waals surface area contributed by atoms with Crippen molar-refractivity contribution < 1.29 is 18.0 Å². The van der Waals surface area contributed by atoms with Gasteiger partial charge in [0, 0.05) is 36.6 Å². The second-order valence-electron chi connectivity index (χ2n) is 8.21. The summed E-state index contributed by atoms with van der Waals surface area (Å²) in [5.74, 6) is -0.594. The summed E-state index contributed by atoms with van der Waals surface area (Å²) in [6, 6.07) is 9.71. The number of halogens is 2. The molecule has 1 atom stereocenters. The highest BCUT2D eigenvalue weighted by atomic mass is 35.5. The zero-order valence-corrected chi connectivity index (χ0v) is 22.4. The molecule has 0 saturated heterocycles. The third-order valence-corrected chi connectivity index (χ3v) is 7.53. The van der Waals surface area contributed by atoms with Gasteiger partial charge in [-0.3, -0.25) is 13.9 Å². The van der Waals surface area contributed by atoms with Crippen molar-refractivity contribution in [1.29, 1.82) is 0 Å². The second kappa shape index (κ2) is 11.9. The lowest BCUT2D eigenvalue weighted by molar-refractivity contribution is -0.140. The number of hydrogen-bond acceptors (Lipinski definition) is 4. The molecule has 0 heterocycles. The third-order valence-electron chi connectivity index (χ3n) is 5.77. The Morgan fingerprint density at radius 3 is 2.38 bits per heavy atom. The molecular weight excluding hydrogens is 497 g/mol. The first-order valence-electron chi connectivity index (χ1n) is 10.9. The Morgan fingerprint density at radius 2 is 1.79 bits per heavy atom. The van der Waals surface area contributed by atoms with Gasteiger partial charge >= 0.3 is 0 Å². The van der Waals surface area contributed by atoms with E-state index in [1.807, 2.05) is 26.0 Å². The topological polar surface area (TPSA) is 86.8 Å². The summed E-state index contributed by atoms with van der Waals surface area (Å²) in [4.78, 5) is 26.9. The maximum atomic E-state index is 13.2. The number of amides is 2. The number of anilines is 1. The minimum Gasteiger partial charge on any atom is -0.357 e. The van der Waals surface area contributed by atoms with E-state index in [-0.39, 0.29) is 37.7 Å². The van der Waals surface area contributed by atoms with Gasteiger partial charge in [-0.2, -0.15) is 0 Å². The van der Waals surface area contributed by atoms with Crippen LogP contribution in [0.2, 0.25) is 10.0 Å². The number of carbonyl (C=O) groups is 2. The molecular formula is C24H31Cl2N3O4S. The number of nitrogens with one attached hydrogen (secondary N) is 1. The van der Waals surface area contributed by atoms with Crippen LogP contribution in [0.1, 0.15) is 36.5 Å². The zero-order chi connectivity index (χ0) is 25.6. The van der Waals surface area contributed by atoms with Crippen molar-refractivity contribution in [2.24, 2.45) is 0 Å². The Kier molecular flexibility index (Phi) is 9.79. The van der Waals surface area contributed by atoms with Crippen LogP contribution in [0.25, 0.3) is 0 Å². The van der Waals surface area contributed by atoms with E-state index >= 15 is 0 Å². The number of likely N-dealkylation sites (N-methyl/N-ethyl adjacent to an activating group) is 1. The molecule has 0 fully saturated rings. The van der Waals surface area contributed by atoms with E-state index in [9.17, 15) is 18.0 Å². The molecule has 0 aliphatic rings. The van der Waals surface area contributed by atoms with Gasteiger partial charge in [0.1, 0.15) is 6.04 Å². The molecule has 34 heavy (non-hydrogen) atoms. The molecule has 10 heteroatoms. The largest absolute Gasteiger partial charge is 0.357 e. The highest BCUT2D eigenvalue weighted by Crippen LogP contribution is 2.26. The monoisotopic (exact) mass is 527 g/mol. The van der Waals surface area contributed by atoms with Crippen LogP contribution in [0.5, 0.6) is 0 Å². The van der Waals surface area contributed by atoms with E-state index in [1.165, 1.54) is 16.3 Å².